The molecule has 1 atom stereocenters. The van der Waals surface area contributed by atoms with Crippen molar-refractivity contribution in [3.05, 3.63) is 46.6 Å². The summed E-state index contributed by atoms with van der Waals surface area (Å²) in [5.74, 6) is 0.198. The number of aromatic amines is 1. The minimum atomic E-state index is -0.696. The van der Waals surface area contributed by atoms with Crippen LogP contribution in [0, 0.1) is 11.3 Å². The van der Waals surface area contributed by atoms with Crippen molar-refractivity contribution in [1.82, 2.24) is 10.2 Å². The van der Waals surface area contributed by atoms with Crippen LogP contribution in [-0.4, -0.2) is 16.3 Å². The van der Waals surface area contributed by atoms with Crippen LogP contribution >= 0.6 is 11.6 Å². The summed E-state index contributed by atoms with van der Waals surface area (Å²) in [6.07, 6.45) is 0.0999. The number of rotatable bonds is 3. The van der Waals surface area contributed by atoms with Crippen LogP contribution in [0.25, 0.3) is 0 Å². The maximum atomic E-state index is 11.7. The SMILES string of the molecule is CC(OC(=O)Nc1[nH]ncc1C#N)c1ccccc1Cl. The highest BCUT2D eigenvalue weighted by atomic mass is 35.5. The molecule has 0 aliphatic heterocycles. The van der Waals surface area contributed by atoms with E-state index in [-0.39, 0.29) is 11.4 Å². The summed E-state index contributed by atoms with van der Waals surface area (Å²) in [6, 6.07) is 8.99. The van der Waals surface area contributed by atoms with Crippen molar-refractivity contribution < 1.29 is 9.53 Å². The molecule has 0 radical (unpaired) electrons. The number of anilines is 1. The molecular weight excluding hydrogens is 280 g/mol. The lowest BCUT2D eigenvalue weighted by Crippen LogP contribution is -2.17. The highest BCUT2D eigenvalue weighted by Crippen LogP contribution is 2.25. The van der Waals surface area contributed by atoms with Crippen molar-refractivity contribution in [3.8, 4) is 6.07 Å². The molecule has 2 N–H and O–H groups in total. The van der Waals surface area contributed by atoms with Gasteiger partial charge >= 0.3 is 6.09 Å². The molecule has 1 unspecified atom stereocenters. The molecule has 0 fully saturated rings. The second-order valence-electron chi connectivity index (χ2n) is 3.96. The van der Waals surface area contributed by atoms with Gasteiger partial charge in [-0.15, -0.1) is 0 Å². The van der Waals surface area contributed by atoms with Gasteiger partial charge in [0.2, 0.25) is 0 Å². The number of carbonyl (C=O) groups excluding carboxylic acids is 1. The van der Waals surface area contributed by atoms with E-state index < -0.39 is 12.2 Å². The Morgan fingerprint density at radius 2 is 2.30 bits per heavy atom. The second kappa shape index (κ2) is 6.08. The molecule has 7 heteroatoms. The fraction of sp³-hybridized carbons (Fsp3) is 0.154. The summed E-state index contributed by atoms with van der Waals surface area (Å²) in [5.41, 5.74) is 0.932. The molecule has 0 aliphatic carbocycles. The zero-order chi connectivity index (χ0) is 14.5. The van der Waals surface area contributed by atoms with Crippen molar-refractivity contribution >= 4 is 23.5 Å². The number of benzene rings is 1. The quantitative estimate of drug-likeness (QED) is 0.908. The number of carbonyl (C=O) groups is 1. The average Bonchev–Trinajstić information content (AvgIpc) is 2.86. The highest BCUT2D eigenvalue weighted by molar-refractivity contribution is 6.31. The number of H-pyrrole nitrogens is 1. The van der Waals surface area contributed by atoms with Crippen LogP contribution in [0.4, 0.5) is 10.6 Å². The van der Waals surface area contributed by atoms with Gasteiger partial charge in [0.25, 0.3) is 0 Å². The Bertz CT molecular complexity index is 662. The number of nitrogens with zero attached hydrogens (tertiary/aromatic N) is 2. The normalized spacial score (nSPS) is 11.4. The van der Waals surface area contributed by atoms with E-state index in [1.54, 1.807) is 25.1 Å². The third kappa shape index (κ3) is 3.08. The maximum absolute atomic E-state index is 11.7. The Kier molecular flexibility index (Phi) is 4.23. The number of nitriles is 1. The Morgan fingerprint density at radius 1 is 1.55 bits per heavy atom. The van der Waals surface area contributed by atoms with Gasteiger partial charge in [0.05, 0.1) is 6.20 Å². The standard InChI is InChI=1S/C13H11ClN4O2/c1-8(10-4-2-3-5-11(10)14)20-13(19)17-12-9(6-15)7-16-18-12/h2-5,7-8H,1H3,(H2,16,17,18,19). The average molecular weight is 291 g/mol. The summed E-state index contributed by atoms with van der Waals surface area (Å²) < 4.78 is 5.20. The molecule has 1 heterocycles. The van der Waals surface area contributed by atoms with Gasteiger partial charge in [-0.05, 0) is 13.0 Å². The first-order valence-corrected chi connectivity index (χ1v) is 6.15. The van der Waals surface area contributed by atoms with Crippen LogP contribution in [0.1, 0.15) is 24.2 Å². The minimum absolute atomic E-state index is 0.198. The summed E-state index contributed by atoms with van der Waals surface area (Å²) in [5, 5.41) is 17.9. The molecule has 6 nitrogen and oxygen atoms in total. The zero-order valence-electron chi connectivity index (χ0n) is 10.6. The van der Waals surface area contributed by atoms with Crippen molar-refractivity contribution in [2.45, 2.75) is 13.0 Å². The van der Waals surface area contributed by atoms with Crippen molar-refractivity contribution in [2.24, 2.45) is 0 Å². The van der Waals surface area contributed by atoms with Crippen LogP contribution in [-0.2, 0) is 4.74 Å². The second-order valence-corrected chi connectivity index (χ2v) is 4.37. The first kappa shape index (κ1) is 13.9. The molecule has 0 spiro atoms. The number of hydrogen-bond acceptors (Lipinski definition) is 4. The Hall–Kier alpha value is -2.52. The number of hydrogen-bond donors (Lipinski definition) is 2. The smallest absolute Gasteiger partial charge is 0.413 e. The van der Waals surface area contributed by atoms with Gasteiger partial charge in [0.1, 0.15) is 23.6 Å². The molecule has 1 amide bonds. The van der Waals surface area contributed by atoms with Crippen molar-refractivity contribution in [2.75, 3.05) is 5.32 Å². The fourth-order valence-electron chi connectivity index (χ4n) is 1.63. The molecule has 0 aliphatic rings. The van der Waals surface area contributed by atoms with Crippen LogP contribution < -0.4 is 5.32 Å². The maximum Gasteiger partial charge on any atom is 0.413 e. The van der Waals surface area contributed by atoms with E-state index in [0.717, 1.165) is 0 Å². The number of aromatic nitrogens is 2. The molecule has 102 valence electrons. The van der Waals surface area contributed by atoms with Crippen LogP contribution in [0.5, 0.6) is 0 Å². The Balaban J connectivity index is 2.02. The van der Waals surface area contributed by atoms with E-state index in [1.165, 1.54) is 6.20 Å². The highest BCUT2D eigenvalue weighted by Gasteiger charge is 2.16. The predicted molar refractivity (Wildman–Crippen MR) is 73.3 cm³/mol. The van der Waals surface area contributed by atoms with Gasteiger partial charge in [0.15, 0.2) is 0 Å². The number of nitrogens with one attached hydrogen (secondary N) is 2. The van der Waals surface area contributed by atoms with E-state index in [9.17, 15) is 4.79 Å². The lowest BCUT2D eigenvalue weighted by molar-refractivity contribution is 0.121. The molecule has 0 bridgehead atoms. The molecule has 1 aromatic heterocycles. The predicted octanol–water partition coefficient (Wildman–Crippen LogP) is 3.24. The van der Waals surface area contributed by atoms with E-state index in [0.29, 0.717) is 10.6 Å². The van der Waals surface area contributed by atoms with Gasteiger partial charge in [-0.1, -0.05) is 29.8 Å². The van der Waals surface area contributed by atoms with Gasteiger partial charge < -0.3 is 4.74 Å². The number of ether oxygens (including phenoxy) is 1. The first-order valence-electron chi connectivity index (χ1n) is 5.77. The minimum Gasteiger partial charge on any atom is -0.441 e. The van der Waals surface area contributed by atoms with E-state index in [2.05, 4.69) is 15.5 Å². The summed E-state index contributed by atoms with van der Waals surface area (Å²) >= 11 is 6.02. The molecule has 20 heavy (non-hydrogen) atoms. The van der Waals surface area contributed by atoms with Gasteiger partial charge in [-0.25, -0.2) is 4.79 Å². The largest absolute Gasteiger partial charge is 0.441 e. The third-order valence-electron chi connectivity index (χ3n) is 2.61. The molecule has 2 aromatic rings. The molecule has 0 saturated carbocycles. The van der Waals surface area contributed by atoms with E-state index >= 15 is 0 Å². The Labute approximate surface area is 120 Å². The first-order chi connectivity index (χ1) is 9.61. The van der Waals surface area contributed by atoms with Crippen molar-refractivity contribution in [1.29, 1.82) is 5.26 Å². The third-order valence-corrected chi connectivity index (χ3v) is 2.96. The summed E-state index contributed by atoms with van der Waals surface area (Å²) in [6.45, 7) is 1.71. The van der Waals surface area contributed by atoms with E-state index in [4.69, 9.17) is 21.6 Å². The lowest BCUT2D eigenvalue weighted by Gasteiger charge is -2.14. The van der Waals surface area contributed by atoms with Crippen LogP contribution in [0.2, 0.25) is 5.02 Å². The van der Waals surface area contributed by atoms with Crippen molar-refractivity contribution in [3.63, 3.8) is 0 Å². The zero-order valence-corrected chi connectivity index (χ0v) is 11.3. The molecule has 0 saturated heterocycles. The fourth-order valence-corrected chi connectivity index (χ4v) is 1.92. The van der Waals surface area contributed by atoms with Gasteiger partial charge in [0, 0.05) is 10.6 Å². The van der Waals surface area contributed by atoms with Crippen LogP contribution in [0.15, 0.2) is 30.5 Å². The Morgan fingerprint density at radius 3 is 3.00 bits per heavy atom. The monoisotopic (exact) mass is 290 g/mol. The summed E-state index contributed by atoms with van der Waals surface area (Å²) in [4.78, 5) is 11.7. The summed E-state index contributed by atoms with van der Waals surface area (Å²) in [7, 11) is 0. The number of amides is 1. The molecule has 2 rings (SSSR count). The molecular formula is C13H11ClN4O2. The topological polar surface area (TPSA) is 90.8 Å². The van der Waals surface area contributed by atoms with Crippen LogP contribution in [0.3, 0.4) is 0 Å². The number of halogens is 1. The molecule has 1 aromatic carbocycles. The van der Waals surface area contributed by atoms with E-state index in [1.807, 2.05) is 12.1 Å². The van der Waals surface area contributed by atoms with Gasteiger partial charge in [-0.2, -0.15) is 10.4 Å². The lowest BCUT2D eigenvalue weighted by atomic mass is 10.1. The van der Waals surface area contributed by atoms with Gasteiger partial charge in [-0.3, -0.25) is 10.4 Å².